The number of rotatable bonds is 3. The number of carbonyl (C=O) groups excluding carboxylic acids is 2. The average molecular weight is 188 g/mol. The first-order valence-electron chi connectivity index (χ1n) is 4.06. The molecule has 0 fully saturated rings. The maximum absolute atomic E-state index is 11.2. The summed E-state index contributed by atoms with van der Waals surface area (Å²) in [6, 6.07) is 0. The molecular weight excluding hydrogens is 172 g/mol. The van der Waals surface area contributed by atoms with E-state index in [1.807, 2.05) is 0 Å². The first-order chi connectivity index (χ1) is 5.59. The molecule has 76 valence electrons. The van der Waals surface area contributed by atoms with Gasteiger partial charge in [0.2, 0.25) is 5.79 Å². The van der Waals surface area contributed by atoms with Crippen molar-refractivity contribution in [1.29, 1.82) is 0 Å². The number of ketones is 2. The Balaban J connectivity index is 4.65. The minimum absolute atomic E-state index is 0.373. The van der Waals surface area contributed by atoms with Gasteiger partial charge in [0, 0.05) is 5.41 Å². The van der Waals surface area contributed by atoms with Crippen molar-refractivity contribution in [3.8, 4) is 0 Å². The summed E-state index contributed by atoms with van der Waals surface area (Å²) in [5, 5.41) is 18.8. The van der Waals surface area contributed by atoms with Crippen LogP contribution < -0.4 is 0 Å². The van der Waals surface area contributed by atoms with Gasteiger partial charge in [0.25, 0.3) is 0 Å². The highest BCUT2D eigenvalue weighted by molar-refractivity contribution is 6.01. The molecule has 0 spiro atoms. The molecule has 13 heavy (non-hydrogen) atoms. The second-order valence-corrected chi connectivity index (χ2v) is 4.22. The zero-order chi connectivity index (χ0) is 10.9. The molecule has 0 rings (SSSR count). The largest absolute Gasteiger partial charge is 0.359 e. The lowest BCUT2D eigenvalue weighted by Crippen LogP contribution is -2.50. The molecule has 2 N–H and O–H groups in total. The summed E-state index contributed by atoms with van der Waals surface area (Å²) in [6.45, 7) is 5.79. The van der Waals surface area contributed by atoms with E-state index >= 15 is 0 Å². The van der Waals surface area contributed by atoms with E-state index in [0.29, 0.717) is 0 Å². The summed E-state index contributed by atoms with van der Waals surface area (Å²) >= 11 is 0. The van der Waals surface area contributed by atoms with Crippen LogP contribution in [-0.2, 0) is 9.59 Å². The van der Waals surface area contributed by atoms with Gasteiger partial charge in [-0.1, -0.05) is 20.8 Å². The van der Waals surface area contributed by atoms with Crippen LogP contribution in [0.25, 0.3) is 0 Å². The topological polar surface area (TPSA) is 74.6 Å². The quantitative estimate of drug-likeness (QED) is 0.492. The van der Waals surface area contributed by atoms with Gasteiger partial charge in [0.05, 0.1) is 6.42 Å². The molecule has 0 heterocycles. The average Bonchev–Trinajstić information content (AvgIpc) is 1.82. The van der Waals surface area contributed by atoms with Crippen molar-refractivity contribution >= 4 is 11.6 Å². The van der Waals surface area contributed by atoms with Crippen LogP contribution in [0.2, 0.25) is 0 Å². The normalized spacial score (nSPS) is 12.8. The summed E-state index contributed by atoms with van der Waals surface area (Å²) in [4.78, 5) is 21.8. The number of hydrogen-bond donors (Lipinski definition) is 2. The molecule has 0 aromatic rings. The van der Waals surface area contributed by atoms with Crippen molar-refractivity contribution in [3.63, 3.8) is 0 Å². The van der Waals surface area contributed by atoms with Crippen LogP contribution in [0.1, 0.15) is 34.1 Å². The Labute approximate surface area is 77.6 Å². The van der Waals surface area contributed by atoms with Crippen molar-refractivity contribution in [1.82, 2.24) is 0 Å². The van der Waals surface area contributed by atoms with E-state index in [4.69, 9.17) is 0 Å². The zero-order valence-corrected chi connectivity index (χ0v) is 8.42. The van der Waals surface area contributed by atoms with Gasteiger partial charge in [-0.3, -0.25) is 9.59 Å². The van der Waals surface area contributed by atoms with Crippen molar-refractivity contribution in [2.45, 2.75) is 39.9 Å². The Kier molecular flexibility index (Phi) is 3.35. The minimum Gasteiger partial charge on any atom is -0.359 e. The molecule has 0 aliphatic carbocycles. The van der Waals surface area contributed by atoms with Crippen LogP contribution in [0.4, 0.5) is 0 Å². The molecule has 0 aromatic carbocycles. The Morgan fingerprint density at radius 2 is 1.54 bits per heavy atom. The Hall–Kier alpha value is -0.740. The van der Waals surface area contributed by atoms with Gasteiger partial charge in [0.15, 0.2) is 5.78 Å². The fourth-order valence-electron chi connectivity index (χ4n) is 0.768. The molecule has 0 aliphatic rings. The fourth-order valence-corrected chi connectivity index (χ4v) is 0.768. The van der Waals surface area contributed by atoms with E-state index in [9.17, 15) is 19.8 Å². The van der Waals surface area contributed by atoms with E-state index in [0.717, 1.165) is 0 Å². The van der Waals surface area contributed by atoms with E-state index in [2.05, 4.69) is 0 Å². The summed E-state index contributed by atoms with van der Waals surface area (Å²) in [7, 11) is 0. The number of carbonyl (C=O) groups is 2. The van der Waals surface area contributed by atoms with Crippen molar-refractivity contribution in [2.24, 2.45) is 5.41 Å². The maximum atomic E-state index is 11.2. The summed E-state index contributed by atoms with van der Waals surface area (Å²) in [5.41, 5.74) is -0.987. The Morgan fingerprint density at radius 1 is 1.15 bits per heavy atom. The standard InChI is InChI=1S/C9H16O4/c1-6(10)5-7(11)9(12,13)8(2,3)4/h12-13H,5H2,1-4H3. The maximum Gasteiger partial charge on any atom is 0.229 e. The SMILES string of the molecule is CC(=O)CC(=O)C(O)(O)C(C)(C)C. The van der Waals surface area contributed by atoms with Crippen LogP contribution in [0.3, 0.4) is 0 Å². The molecule has 0 radical (unpaired) electrons. The molecule has 0 atom stereocenters. The molecule has 0 aromatic heterocycles. The molecule has 0 aliphatic heterocycles. The third-order valence-corrected chi connectivity index (χ3v) is 1.84. The second kappa shape index (κ2) is 3.55. The predicted molar refractivity (Wildman–Crippen MR) is 46.9 cm³/mol. The van der Waals surface area contributed by atoms with Crippen LogP contribution in [0.15, 0.2) is 0 Å². The molecule has 0 bridgehead atoms. The van der Waals surface area contributed by atoms with Crippen molar-refractivity contribution in [2.75, 3.05) is 0 Å². The predicted octanol–water partition coefficient (Wildman–Crippen LogP) is 0.262. The van der Waals surface area contributed by atoms with Crippen molar-refractivity contribution < 1.29 is 19.8 Å². The van der Waals surface area contributed by atoms with Gasteiger partial charge in [0.1, 0.15) is 5.78 Å². The second-order valence-electron chi connectivity index (χ2n) is 4.22. The molecule has 0 unspecified atom stereocenters. The highest BCUT2D eigenvalue weighted by atomic mass is 16.5. The Morgan fingerprint density at radius 3 is 1.77 bits per heavy atom. The van der Waals surface area contributed by atoms with Gasteiger partial charge >= 0.3 is 0 Å². The van der Waals surface area contributed by atoms with E-state index in [1.54, 1.807) is 0 Å². The summed E-state index contributed by atoms with van der Waals surface area (Å²) in [6.07, 6.45) is -0.440. The van der Waals surface area contributed by atoms with Crippen LogP contribution in [0.5, 0.6) is 0 Å². The Bertz CT molecular complexity index is 222. The zero-order valence-electron chi connectivity index (χ0n) is 8.42. The highest BCUT2D eigenvalue weighted by Gasteiger charge is 2.44. The van der Waals surface area contributed by atoms with Gasteiger partial charge in [-0.05, 0) is 6.92 Å². The van der Waals surface area contributed by atoms with Gasteiger partial charge in [-0.2, -0.15) is 0 Å². The number of Topliss-reactive ketones (excluding diaryl/α,β-unsaturated/α-hetero) is 2. The van der Waals surface area contributed by atoms with Gasteiger partial charge in [-0.15, -0.1) is 0 Å². The van der Waals surface area contributed by atoms with Crippen molar-refractivity contribution in [3.05, 3.63) is 0 Å². The molecule has 0 saturated heterocycles. The third kappa shape index (κ3) is 2.90. The smallest absolute Gasteiger partial charge is 0.229 e. The lowest BCUT2D eigenvalue weighted by Gasteiger charge is -2.33. The number of hydrogen-bond acceptors (Lipinski definition) is 4. The van der Waals surface area contributed by atoms with Crippen LogP contribution in [0, 0.1) is 5.41 Å². The molecule has 4 heteroatoms. The number of aliphatic hydroxyl groups is 2. The first kappa shape index (κ1) is 12.3. The minimum atomic E-state index is -2.43. The van der Waals surface area contributed by atoms with E-state index in [1.165, 1.54) is 27.7 Å². The highest BCUT2D eigenvalue weighted by Crippen LogP contribution is 2.29. The summed E-state index contributed by atoms with van der Waals surface area (Å²) in [5.74, 6) is -3.66. The lowest BCUT2D eigenvalue weighted by molar-refractivity contribution is -0.221. The summed E-state index contributed by atoms with van der Waals surface area (Å²) < 4.78 is 0. The molecule has 0 saturated carbocycles. The van der Waals surface area contributed by atoms with E-state index < -0.39 is 23.4 Å². The first-order valence-corrected chi connectivity index (χ1v) is 4.06. The molecule has 0 amide bonds. The van der Waals surface area contributed by atoms with Crippen LogP contribution in [-0.4, -0.2) is 27.6 Å². The molecular formula is C9H16O4. The molecule has 4 nitrogen and oxygen atoms in total. The monoisotopic (exact) mass is 188 g/mol. The van der Waals surface area contributed by atoms with Crippen LogP contribution >= 0.6 is 0 Å². The lowest BCUT2D eigenvalue weighted by atomic mass is 9.82. The van der Waals surface area contributed by atoms with E-state index in [-0.39, 0.29) is 5.78 Å². The van der Waals surface area contributed by atoms with Gasteiger partial charge in [-0.25, -0.2) is 0 Å². The fraction of sp³-hybridized carbons (Fsp3) is 0.778. The third-order valence-electron chi connectivity index (χ3n) is 1.84. The van der Waals surface area contributed by atoms with Gasteiger partial charge < -0.3 is 10.2 Å².